The van der Waals surface area contributed by atoms with Crippen LogP contribution in [0, 0.1) is 0 Å². The van der Waals surface area contributed by atoms with Crippen LogP contribution in [-0.2, 0) is 14.3 Å². The Hall–Kier alpha value is -1.58. The Labute approximate surface area is 145 Å². The number of allylic oxidation sites excluding steroid dienone is 1. The zero-order valence-corrected chi connectivity index (χ0v) is 16.1. The number of hydrogen-bond acceptors (Lipinski definition) is 3. The summed E-state index contributed by atoms with van der Waals surface area (Å²) < 4.78 is 5.89. The summed E-state index contributed by atoms with van der Waals surface area (Å²) in [5, 5.41) is 0. The molecule has 126 valence electrons. The van der Waals surface area contributed by atoms with Gasteiger partial charge in [0, 0.05) is 0 Å². The molecule has 0 saturated heterocycles. The molecule has 0 aliphatic carbocycles. The molecule has 0 fully saturated rings. The Morgan fingerprint density at radius 1 is 1.26 bits per heavy atom. The van der Waals surface area contributed by atoms with Gasteiger partial charge < -0.3 is 0 Å². The van der Waals surface area contributed by atoms with E-state index in [1.54, 1.807) is 4.90 Å². The summed E-state index contributed by atoms with van der Waals surface area (Å²) in [6.07, 6.45) is 3.83. The fraction of sp³-hybridized carbons (Fsp3) is 0.444. The maximum absolute atomic E-state index is 13.0. The number of amides is 1. The summed E-state index contributed by atoms with van der Waals surface area (Å²) >= 11 is -0.315. The monoisotopic (exact) mass is 383 g/mol. The molecule has 23 heavy (non-hydrogen) atoms. The second-order valence-electron chi connectivity index (χ2n) is 6.02. The van der Waals surface area contributed by atoms with Crippen molar-refractivity contribution < 1.29 is 14.3 Å². The van der Waals surface area contributed by atoms with Crippen LogP contribution in [0.4, 0.5) is 0 Å². The minimum atomic E-state index is -0.764. The van der Waals surface area contributed by atoms with E-state index in [1.165, 1.54) is 7.11 Å². The average Bonchev–Trinajstić information content (AvgIpc) is 2.51. The summed E-state index contributed by atoms with van der Waals surface area (Å²) in [5.41, 5.74) is -0.365. The van der Waals surface area contributed by atoms with Gasteiger partial charge in [-0.3, -0.25) is 0 Å². The molecule has 0 heterocycles. The number of ether oxygens (including phenoxy) is 1. The van der Waals surface area contributed by atoms with E-state index in [-0.39, 0.29) is 26.4 Å². The predicted octanol–water partition coefficient (Wildman–Crippen LogP) is 2.18. The van der Waals surface area contributed by atoms with E-state index in [0.29, 0.717) is 6.54 Å². The van der Waals surface area contributed by atoms with Gasteiger partial charge in [0.1, 0.15) is 0 Å². The molecule has 0 aliphatic heterocycles. The molecule has 1 atom stereocenters. The van der Waals surface area contributed by atoms with Crippen molar-refractivity contribution in [2.45, 2.75) is 38.1 Å². The van der Waals surface area contributed by atoms with Crippen LogP contribution in [0.25, 0.3) is 0 Å². The molecule has 0 N–H and O–H groups in total. The van der Waals surface area contributed by atoms with Gasteiger partial charge >= 0.3 is 145 Å². The number of rotatable bonds is 6. The number of carbonyl (C=O) groups excluding carboxylic acids is 2. The number of esters is 1. The van der Waals surface area contributed by atoms with Gasteiger partial charge in [-0.15, -0.1) is 0 Å². The van der Waals surface area contributed by atoms with Crippen LogP contribution in [0.5, 0.6) is 0 Å². The third kappa shape index (κ3) is 5.85. The van der Waals surface area contributed by atoms with Gasteiger partial charge in [0.25, 0.3) is 0 Å². The van der Waals surface area contributed by atoms with Crippen molar-refractivity contribution in [1.82, 2.24) is 4.90 Å². The molecule has 0 aliphatic rings. The van der Waals surface area contributed by atoms with Crippen LogP contribution in [0.3, 0.4) is 0 Å². The Morgan fingerprint density at radius 2 is 1.87 bits per heavy atom. The van der Waals surface area contributed by atoms with E-state index in [9.17, 15) is 9.59 Å². The number of carbonyl (C=O) groups is 2. The molecule has 1 rings (SSSR count). The minimum absolute atomic E-state index is 0.175. The third-order valence-electron chi connectivity index (χ3n) is 3.24. The average molecular weight is 382 g/mol. The molecule has 1 aromatic rings. The predicted molar refractivity (Wildman–Crippen MR) is 93.9 cm³/mol. The Morgan fingerprint density at radius 3 is 2.35 bits per heavy atom. The van der Waals surface area contributed by atoms with E-state index in [4.69, 9.17) is 4.74 Å². The molecule has 1 unspecified atom stereocenters. The fourth-order valence-corrected chi connectivity index (χ4v) is 4.10. The van der Waals surface area contributed by atoms with E-state index >= 15 is 0 Å². The van der Waals surface area contributed by atoms with Crippen LogP contribution < -0.4 is 4.46 Å². The van der Waals surface area contributed by atoms with Gasteiger partial charge in [-0.25, -0.2) is 0 Å². The Kier molecular flexibility index (Phi) is 7.53. The SMILES string of the molecule is C/C=C/CN(C(=O)C([Se]c1ccccc1)C(=O)OC)C(C)(C)C. The molecule has 0 spiro atoms. The van der Waals surface area contributed by atoms with Crippen LogP contribution in [-0.4, -0.2) is 50.9 Å². The molecule has 1 amide bonds. The summed E-state index contributed by atoms with van der Waals surface area (Å²) in [4.78, 5) is 26.2. The van der Waals surface area contributed by atoms with Gasteiger partial charge in [0.15, 0.2) is 0 Å². The van der Waals surface area contributed by atoms with Crippen molar-refractivity contribution in [2.75, 3.05) is 13.7 Å². The Balaban J connectivity index is 3.08. The molecule has 5 heteroatoms. The first-order chi connectivity index (χ1) is 10.8. The van der Waals surface area contributed by atoms with E-state index in [1.807, 2.05) is 70.2 Å². The van der Waals surface area contributed by atoms with Crippen molar-refractivity contribution in [2.24, 2.45) is 0 Å². The molecule has 4 nitrogen and oxygen atoms in total. The molecular formula is C18H25NO3Se. The number of nitrogens with zero attached hydrogens (tertiary/aromatic N) is 1. The molecule has 0 bridgehead atoms. The molecule has 0 saturated carbocycles. The standard InChI is InChI=1S/C18H25NO3Se/c1-6-7-13-19(18(2,3)4)16(20)15(17(21)22-5)23-14-11-9-8-10-12-14/h6-12,15H,13H2,1-5H3/b7-6+. The number of hydrogen-bond donors (Lipinski definition) is 0. The fourth-order valence-electron chi connectivity index (χ4n) is 1.99. The molecule has 1 aromatic carbocycles. The molecular weight excluding hydrogens is 357 g/mol. The second-order valence-corrected chi connectivity index (χ2v) is 8.50. The van der Waals surface area contributed by atoms with Crippen molar-refractivity contribution in [3.05, 3.63) is 42.5 Å². The van der Waals surface area contributed by atoms with Crippen molar-refractivity contribution >= 4 is 31.3 Å². The van der Waals surface area contributed by atoms with Gasteiger partial charge in [-0.2, -0.15) is 0 Å². The van der Waals surface area contributed by atoms with E-state index < -0.39 is 10.8 Å². The van der Waals surface area contributed by atoms with Crippen LogP contribution in [0.15, 0.2) is 42.5 Å². The summed E-state index contributed by atoms with van der Waals surface area (Å²) in [5.74, 6) is -0.639. The van der Waals surface area contributed by atoms with Crippen LogP contribution in [0.2, 0.25) is 4.82 Å². The number of benzene rings is 1. The van der Waals surface area contributed by atoms with E-state index in [2.05, 4.69) is 0 Å². The quantitative estimate of drug-likeness (QED) is 0.328. The zero-order valence-electron chi connectivity index (χ0n) is 14.4. The second kappa shape index (κ2) is 8.90. The Bertz CT molecular complexity index is 549. The maximum atomic E-state index is 13.0. The van der Waals surface area contributed by atoms with Gasteiger partial charge in [0.05, 0.1) is 0 Å². The van der Waals surface area contributed by atoms with Crippen molar-refractivity contribution in [3.8, 4) is 0 Å². The first-order valence-corrected chi connectivity index (χ1v) is 9.38. The normalized spacial score (nSPS) is 12.9. The first-order valence-electron chi connectivity index (χ1n) is 7.53. The summed E-state index contributed by atoms with van der Waals surface area (Å²) in [6.45, 7) is 8.31. The van der Waals surface area contributed by atoms with E-state index in [0.717, 1.165) is 4.46 Å². The van der Waals surface area contributed by atoms with Crippen LogP contribution in [0.1, 0.15) is 27.7 Å². The molecule has 0 aromatic heterocycles. The zero-order chi connectivity index (χ0) is 17.5. The van der Waals surface area contributed by atoms with Crippen molar-refractivity contribution in [1.29, 1.82) is 0 Å². The number of methoxy groups -OCH3 is 1. The van der Waals surface area contributed by atoms with Gasteiger partial charge in [-0.05, 0) is 0 Å². The first kappa shape index (κ1) is 19.5. The van der Waals surface area contributed by atoms with Crippen molar-refractivity contribution in [3.63, 3.8) is 0 Å². The van der Waals surface area contributed by atoms with Gasteiger partial charge in [-0.1, -0.05) is 0 Å². The van der Waals surface area contributed by atoms with Crippen LogP contribution >= 0.6 is 0 Å². The molecule has 0 radical (unpaired) electrons. The third-order valence-corrected chi connectivity index (χ3v) is 5.70. The summed E-state index contributed by atoms with van der Waals surface area (Å²) in [7, 11) is 1.33. The van der Waals surface area contributed by atoms with Gasteiger partial charge in [0.2, 0.25) is 0 Å². The topological polar surface area (TPSA) is 46.6 Å². The summed E-state index contributed by atoms with van der Waals surface area (Å²) in [6, 6.07) is 9.63.